The predicted octanol–water partition coefficient (Wildman–Crippen LogP) is -0.481. The zero-order valence-electron chi connectivity index (χ0n) is 7.55. The number of hydrogen-bond acceptors (Lipinski definition) is 3. The first kappa shape index (κ1) is 11.1. The Hall–Kier alpha value is 0.0969. The highest BCUT2D eigenvalue weighted by Crippen LogP contribution is 1.99. The summed E-state index contributed by atoms with van der Waals surface area (Å²) in [4.78, 5) is 0. The van der Waals surface area contributed by atoms with Gasteiger partial charge in [-0.3, -0.25) is 0 Å². The Kier molecular flexibility index (Phi) is 6.85. The third-order valence-electron chi connectivity index (χ3n) is 1.46. The van der Waals surface area contributed by atoms with Crippen LogP contribution < -0.4 is 11.5 Å². The van der Waals surface area contributed by atoms with Gasteiger partial charge in [-0.2, -0.15) is 0 Å². The fourth-order valence-corrected chi connectivity index (χ4v) is 1.60. The van der Waals surface area contributed by atoms with Crippen molar-refractivity contribution in [2.75, 3.05) is 6.54 Å². The maximum absolute atomic E-state index is 5.58. The van der Waals surface area contributed by atoms with Crippen molar-refractivity contribution in [3.63, 3.8) is 0 Å². The minimum absolute atomic E-state index is 0.273. The van der Waals surface area contributed by atoms with Crippen molar-refractivity contribution in [2.24, 2.45) is 11.5 Å². The Bertz CT molecular complexity index is 90.5. The van der Waals surface area contributed by atoms with Gasteiger partial charge < -0.3 is 15.9 Å². The second-order valence-electron chi connectivity index (χ2n) is 3.05. The van der Waals surface area contributed by atoms with Crippen LogP contribution in [0.5, 0.6) is 0 Å². The van der Waals surface area contributed by atoms with Crippen molar-refractivity contribution >= 4 is 9.76 Å². The van der Waals surface area contributed by atoms with Crippen molar-refractivity contribution < 1.29 is 4.43 Å². The number of nitrogens with two attached hydrogens (primary N) is 2. The second kappa shape index (κ2) is 6.79. The number of hydrogen-bond donors (Lipinski definition) is 2. The van der Waals surface area contributed by atoms with Crippen LogP contribution in [0.2, 0.25) is 0 Å². The van der Waals surface area contributed by atoms with E-state index in [1.807, 2.05) is 6.92 Å². The molecule has 0 aliphatic carbocycles. The van der Waals surface area contributed by atoms with E-state index >= 15 is 0 Å². The number of rotatable bonds is 6. The van der Waals surface area contributed by atoms with Gasteiger partial charge in [-0.05, 0) is 26.3 Å². The maximum atomic E-state index is 5.58. The molecule has 0 aliphatic heterocycles. The third kappa shape index (κ3) is 8.00. The molecule has 2 unspecified atom stereocenters. The highest BCUT2D eigenvalue weighted by molar-refractivity contribution is 6.29. The smallest absolute Gasteiger partial charge is 0.178 e. The molecule has 0 radical (unpaired) electrons. The van der Waals surface area contributed by atoms with Crippen molar-refractivity contribution in [1.82, 2.24) is 0 Å². The van der Waals surface area contributed by atoms with Crippen molar-refractivity contribution in [3.05, 3.63) is 0 Å². The first-order valence-electron chi connectivity index (χ1n) is 4.24. The van der Waals surface area contributed by atoms with E-state index in [-0.39, 0.29) is 5.67 Å². The van der Waals surface area contributed by atoms with Gasteiger partial charge in [-0.15, -0.1) is 0 Å². The van der Waals surface area contributed by atoms with Gasteiger partial charge in [-0.25, -0.2) is 0 Å². The summed E-state index contributed by atoms with van der Waals surface area (Å²) in [6.45, 7) is 4.85. The minimum Gasteiger partial charge on any atom is -0.420 e. The van der Waals surface area contributed by atoms with Crippen LogP contribution in [-0.2, 0) is 4.43 Å². The molecular weight excluding hydrogens is 156 g/mol. The molecule has 0 aromatic rings. The molecule has 11 heavy (non-hydrogen) atoms. The Morgan fingerprint density at radius 1 is 1.45 bits per heavy atom. The van der Waals surface area contributed by atoms with Crippen LogP contribution >= 0.6 is 0 Å². The highest BCUT2D eigenvalue weighted by atomic mass is 28.2. The van der Waals surface area contributed by atoms with Crippen LogP contribution in [0.4, 0.5) is 0 Å². The molecule has 0 fully saturated rings. The SMILES string of the molecule is CC(CCCN)O[SiH2]C(C)N. The summed E-state index contributed by atoms with van der Waals surface area (Å²) in [6.07, 6.45) is 2.47. The fraction of sp³-hybridized carbons (Fsp3) is 1.00. The van der Waals surface area contributed by atoms with Gasteiger partial charge in [-0.1, -0.05) is 6.92 Å². The van der Waals surface area contributed by atoms with Crippen LogP contribution in [0.3, 0.4) is 0 Å². The van der Waals surface area contributed by atoms with Gasteiger partial charge in [0.25, 0.3) is 0 Å². The largest absolute Gasteiger partial charge is 0.420 e. The van der Waals surface area contributed by atoms with E-state index in [9.17, 15) is 0 Å². The minimum atomic E-state index is -0.492. The molecule has 0 aromatic carbocycles. The fourth-order valence-electron chi connectivity index (χ4n) is 0.805. The van der Waals surface area contributed by atoms with E-state index in [0.717, 1.165) is 19.4 Å². The van der Waals surface area contributed by atoms with Crippen LogP contribution in [0, 0.1) is 0 Å². The van der Waals surface area contributed by atoms with Gasteiger partial charge in [0.05, 0.1) is 0 Å². The van der Waals surface area contributed by atoms with E-state index in [4.69, 9.17) is 15.9 Å². The molecule has 4 N–H and O–H groups in total. The topological polar surface area (TPSA) is 61.3 Å². The first-order chi connectivity index (χ1) is 5.16. The average molecular weight is 176 g/mol. The zero-order chi connectivity index (χ0) is 8.69. The lowest BCUT2D eigenvalue weighted by Gasteiger charge is -2.13. The lowest BCUT2D eigenvalue weighted by molar-refractivity contribution is 0.216. The molecule has 68 valence electrons. The normalized spacial score (nSPS) is 17.5. The second-order valence-corrected chi connectivity index (χ2v) is 5.01. The van der Waals surface area contributed by atoms with E-state index in [0.29, 0.717) is 6.10 Å². The summed E-state index contributed by atoms with van der Waals surface area (Å²) in [7, 11) is -0.492. The van der Waals surface area contributed by atoms with Gasteiger partial charge in [0.15, 0.2) is 9.76 Å². The molecular formula is C7H20N2OSi. The Morgan fingerprint density at radius 2 is 2.09 bits per heavy atom. The molecule has 0 rings (SSSR count). The van der Waals surface area contributed by atoms with E-state index in [1.54, 1.807) is 0 Å². The predicted molar refractivity (Wildman–Crippen MR) is 51.0 cm³/mol. The molecule has 0 aliphatic rings. The molecule has 0 bridgehead atoms. The molecule has 0 aromatic heterocycles. The van der Waals surface area contributed by atoms with Gasteiger partial charge in [0, 0.05) is 11.8 Å². The average Bonchev–Trinajstić information content (AvgIpc) is 1.97. The summed E-state index contributed by atoms with van der Waals surface area (Å²) in [6, 6.07) is 0. The van der Waals surface area contributed by atoms with Crippen LogP contribution in [-0.4, -0.2) is 28.1 Å². The van der Waals surface area contributed by atoms with Crippen molar-refractivity contribution in [3.8, 4) is 0 Å². The molecule has 0 heterocycles. The summed E-state index contributed by atoms with van der Waals surface area (Å²) >= 11 is 0. The van der Waals surface area contributed by atoms with Gasteiger partial charge >= 0.3 is 0 Å². The molecule has 3 nitrogen and oxygen atoms in total. The van der Waals surface area contributed by atoms with Gasteiger partial charge in [0.2, 0.25) is 0 Å². The Morgan fingerprint density at radius 3 is 2.55 bits per heavy atom. The van der Waals surface area contributed by atoms with Crippen LogP contribution in [0.15, 0.2) is 0 Å². The lowest BCUT2D eigenvalue weighted by Crippen LogP contribution is -2.28. The standard InChI is InChI=1S/C7H20N2OSi/c1-6(4-3-5-8)10-11-7(2)9/h6-7H,3-5,8-9,11H2,1-2H3. The van der Waals surface area contributed by atoms with Crippen LogP contribution in [0.25, 0.3) is 0 Å². The summed E-state index contributed by atoms with van der Waals surface area (Å²) < 4.78 is 5.56. The maximum Gasteiger partial charge on any atom is 0.178 e. The Labute approximate surface area is 71.4 Å². The molecule has 0 saturated heterocycles. The van der Waals surface area contributed by atoms with Crippen LogP contribution in [0.1, 0.15) is 26.7 Å². The third-order valence-corrected chi connectivity index (χ3v) is 2.75. The molecule has 0 spiro atoms. The quantitative estimate of drug-likeness (QED) is 0.537. The van der Waals surface area contributed by atoms with Gasteiger partial charge in [0.1, 0.15) is 0 Å². The lowest BCUT2D eigenvalue weighted by atomic mass is 10.2. The summed E-state index contributed by atoms with van der Waals surface area (Å²) in [5, 5.41) is 0. The molecule has 0 saturated carbocycles. The molecule has 0 amide bonds. The highest BCUT2D eigenvalue weighted by Gasteiger charge is 2.02. The Balaban J connectivity index is 3.15. The van der Waals surface area contributed by atoms with E-state index in [1.165, 1.54) is 0 Å². The summed E-state index contributed by atoms with van der Waals surface area (Å²) in [5.74, 6) is 0. The van der Waals surface area contributed by atoms with E-state index < -0.39 is 9.76 Å². The first-order valence-corrected chi connectivity index (χ1v) is 5.63. The summed E-state index contributed by atoms with van der Waals surface area (Å²) in [5.41, 5.74) is 11.2. The zero-order valence-corrected chi connectivity index (χ0v) is 8.96. The molecule has 4 heteroatoms. The van der Waals surface area contributed by atoms with Crippen molar-refractivity contribution in [2.45, 2.75) is 38.5 Å². The monoisotopic (exact) mass is 176 g/mol. The van der Waals surface area contributed by atoms with E-state index in [2.05, 4.69) is 6.92 Å². The molecule has 2 atom stereocenters. The van der Waals surface area contributed by atoms with Crippen molar-refractivity contribution in [1.29, 1.82) is 0 Å².